The molecule has 1 aromatic carbocycles. The number of pyridine rings is 1. The predicted molar refractivity (Wildman–Crippen MR) is 123 cm³/mol. The molecule has 0 atom stereocenters. The number of rotatable bonds is 8. The molecule has 160 valence electrons. The number of aromatic nitrogens is 2. The molecule has 0 saturated carbocycles. The molecule has 3 aromatic rings. The fourth-order valence-corrected chi connectivity index (χ4v) is 4.15. The van der Waals surface area contributed by atoms with Gasteiger partial charge in [-0.1, -0.05) is 6.92 Å². The van der Waals surface area contributed by atoms with Crippen molar-refractivity contribution in [3.63, 3.8) is 0 Å². The Hall–Kier alpha value is -2.82. The average Bonchev–Trinajstić information content (AvgIpc) is 3.00. The first kappa shape index (κ1) is 21.9. The number of benzene rings is 1. The first-order valence-electron chi connectivity index (χ1n) is 10.9. The van der Waals surface area contributed by atoms with Crippen molar-refractivity contribution in [3.8, 4) is 16.9 Å². The zero-order valence-electron chi connectivity index (χ0n) is 19.0. The first-order chi connectivity index (χ1) is 14.3. The number of likely N-dealkylation sites (N-methyl/N-ethyl adjacent to an activating group) is 1. The molecule has 3 rings (SSSR count). The van der Waals surface area contributed by atoms with Crippen LogP contribution in [0.2, 0.25) is 0 Å². The first-order valence-corrected chi connectivity index (χ1v) is 10.9. The third-order valence-corrected chi connectivity index (χ3v) is 5.65. The van der Waals surface area contributed by atoms with Crippen LogP contribution < -0.4 is 4.74 Å². The molecule has 0 N–H and O–H groups in total. The SMILES string of the molecule is CCCn1c(C)c(-c2ccncc2)c2cc(OC(C)(C)C(=O)N(CC)CC)ccc21. The van der Waals surface area contributed by atoms with E-state index in [-0.39, 0.29) is 5.91 Å². The van der Waals surface area contributed by atoms with E-state index in [9.17, 15) is 4.79 Å². The summed E-state index contributed by atoms with van der Waals surface area (Å²) in [6.45, 7) is 14.3. The zero-order chi connectivity index (χ0) is 21.9. The molecule has 5 heteroatoms. The van der Waals surface area contributed by atoms with Crippen LogP contribution in [0.5, 0.6) is 5.75 Å². The monoisotopic (exact) mass is 407 g/mol. The Balaban J connectivity index is 2.08. The molecular formula is C25H33N3O2. The maximum absolute atomic E-state index is 12.9. The van der Waals surface area contributed by atoms with E-state index < -0.39 is 5.60 Å². The highest BCUT2D eigenvalue weighted by atomic mass is 16.5. The molecule has 30 heavy (non-hydrogen) atoms. The summed E-state index contributed by atoms with van der Waals surface area (Å²) in [6, 6.07) is 10.2. The normalized spacial score (nSPS) is 11.7. The molecule has 2 aromatic heterocycles. The number of nitrogens with zero attached hydrogens (tertiary/aromatic N) is 3. The van der Waals surface area contributed by atoms with Crippen LogP contribution in [-0.4, -0.2) is 39.0 Å². The lowest BCUT2D eigenvalue weighted by Gasteiger charge is -2.31. The van der Waals surface area contributed by atoms with E-state index in [2.05, 4.69) is 35.5 Å². The quantitative estimate of drug-likeness (QED) is 0.499. The fourth-order valence-electron chi connectivity index (χ4n) is 4.15. The highest BCUT2D eigenvalue weighted by Crippen LogP contribution is 2.37. The Morgan fingerprint density at radius 3 is 2.37 bits per heavy atom. The molecule has 0 unspecified atom stereocenters. The molecule has 5 nitrogen and oxygen atoms in total. The van der Waals surface area contributed by atoms with E-state index in [0.717, 1.165) is 23.9 Å². The molecule has 0 aliphatic heterocycles. The molecule has 0 radical (unpaired) electrons. The molecule has 1 amide bonds. The summed E-state index contributed by atoms with van der Waals surface area (Å²) >= 11 is 0. The standard InChI is InChI=1S/C25H33N3O2/c1-7-16-28-18(4)23(19-12-14-26-15-13-19)21-17-20(10-11-22(21)28)30-25(5,6)24(29)27(8-2)9-3/h10-15,17H,7-9,16H2,1-6H3. The highest BCUT2D eigenvalue weighted by molar-refractivity contribution is 5.99. The Labute approximate surface area is 179 Å². The van der Waals surface area contributed by atoms with Crippen molar-refractivity contribution in [1.29, 1.82) is 0 Å². The molecule has 0 aliphatic carbocycles. The fraction of sp³-hybridized carbons (Fsp3) is 0.440. The van der Waals surface area contributed by atoms with Crippen LogP contribution in [0.25, 0.3) is 22.0 Å². The molecule has 0 fully saturated rings. The Kier molecular flexibility index (Phi) is 6.49. The number of ether oxygens (including phenoxy) is 1. The van der Waals surface area contributed by atoms with Crippen molar-refractivity contribution in [2.24, 2.45) is 0 Å². The van der Waals surface area contributed by atoms with Crippen LogP contribution in [-0.2, 0) is 11.3 Å². The van der Waals surface area contributed by atoms with E-state index >= 15 is 0 Å². The van der Waals surface area contributed by atoms with Crippen molar-refractivity contribution >= 4 is 16.8 Å². The second kappa shape index (κ2) is 8.90. The zero-order valence-corrected chi connectivity index (χ0v) is 19.0. The van der Waals surface area contributed by atoms with Gasteiger partial charge < -0.3 is 14.2 Å². The smallest absolute Gasteiger partial charge is 0.266 e. The van der Waals surface area contributed by atoms with Crippen LogP contribution in [0.1, 0.15) is 46.7 Å². The predicted octanol–water partition coefficient (Wildman–Crippen LogP) is 5.45. The number of carbonyl (C=O) groups is 1. The minimum absolute atomic E-state index is 0.00156. The van der Waals surface area contributed by atoms with Gasteiger partial charge in [0.1, 0.15) is 5.75 Å². The Bertz CT molecular complexity index is 1020. The second-order valence-corrected chi connectivity index (χ2v) is 8.12. The van der Waals surface area contributed by atoms with Crippen LogP contribution in [0.15, 0.2) is 42.7 Å². The lowest BCUT2D eigenvalue weighted by atomic mass is 10.0. The molecule has 0 bridgehead atoms. The van der Waals surface area contributed by atoms with Gasteiger partial charge in [-0.05, 0) is 76.9 Å². The van der Waals surface area contributed by atoms with Gasteiger partial charge in [-0.25, -0.2) is 0 Å². The van der Waals surface area contributed by atoms with Crippen molar-refractivity contribution < 1.29 is 9.53 Å². The summed E-state index contributed by atoms with van der Waals surface area (Å²) in [5, 5.41) is 1.13. The minimum atomic E-state index is -0.933. The van der Waals surface area contributed by atoms with Gasteiger partial charge in [-0.3, -0.25) is 9.78 Å². The summed E-state index contributed by atoms with van der Waals surface area (Å²) in [4.78, 5) is 18.9. The summed E-state index contributed by atoms with van der Waals surface area (Å²) < 4.78 is 8.61. The van der Waals surface area contributed by atoms with Crippen LogP contribution in [0, 0.1) is 6.92 Å². The lowest BCUT2D eigenvalue weighted by Crippen LogP contribution is -2.48. The number of aryl methyl sites for hydroxylation is 1. The van der Waals surface area contributed by atoms with Gasteiger partial charge in [0.25, 0.3) is 5.91 Å². The largest absolute Gasteiger partial charge is 0.478 e. The lowest BCUT2D eigenvalue weighted by molar-refractivity contribution is -0.145. The van der Waals surface area contributed by atoms with Crippen molar-refractivity contribution in [3.05, 3.63) is 48.4 Å². The Morgan fingerprint density at radius 2 is 1.77 bits per heavy atom. The summed E-state index contributed by atoms with van der Waals surface area (Å²) in [5.41, 5.74) is 3.81. The summed E-state index contributed by atoms with van der Waals surface area (Å²) in [5.74, 6) is 0.707. The summed E-state index contributed by atoms with van der Waals surface area (Å²) in [7, 11) is 0. The molecule has 0 aliphatic rings. The van der Waals surface area contributed by atoms with Crippen LogP contribution in [0.3, 0.4) is 0 Å². The van der Waals surface area contributed by atoms with Crippen LogP contribution in [0.4, 0.5) is 0 Å². The van der Waals surface area contributed by atoms with E-state index in [1.54, 1.807) is 0 Å². The number of carbonyl (C=O) groups excluding carboxylic acids is 1. The van der Waals surface area contributed by atoms with Crippen molar-refractivity contribution in [2.75, 3.05) is 13.1 Å². The van der Waals surface area contributed by atoms with E-state index in [1.807, 2.05) is 63.2 Å². The van der Waals surface area contributed by atoms with Gasteiger partial charge in [0.05, 0.1) is 0 Å². The third kappa shape index (κ3) is 4.07. The second-order valence-electron chi connectivity index (χ2n) is 8.12. The molecule has 0 spiro atoms. The topological polar surface area (TPSA) is 47.4 Å². The van der Waals surface area contributed by atoms with Crippen molar-refractivity contribution in [1.82, 2.24) is 14.5 Å². The number of amides is 1. The maximum atomic E-state index is 12.9. The van der Waals surface area contributed by atoms with Gasteiger partial charge in [0.2, 0.25) is 0 Å². The number of hydrogen-bond acceptors (Lipinski definition) is 3. The van der Waals surface area contributed by atoms with Gasteiger partial charge >= 0.3 is 0 Å². The Morgan fingerprint density at radius 1 is 1.10 bits per heavy atom. The minimum Gasteiger partial charge on any atom is -0.478 e. The van der Waals surface area contributed by atoms with Gasteiger partial charge in [-0.15, -0.1) is 0 Å². The van der Waals surface area contributed by atoms with Gasteiger partial charge in [0.15, 0.2) is 5.60 Å². The van der Waals surface area contributed by atoms with Gasteiger partial charge in [0, 0.05) is 54.2 Å². The molecular weight excluding hydrogens is 374 g/mol. The third-order valence-electron chi connectivity index (χ3n) is 5.65. The highest BCUT2D eigenvalue weighted by Gasteiger charge is 2.33. The molecule has 0 saturated heterocycles. The van der Waals surface area contributed by atoms with E-state index in [1.165, 1.54) is 16.8 Å². The summed E-state index contributed by atoms with van der Waals surface area (Å²) in [6.07, 6.45) is 4.71. The maximum Gasteiger partial charge on any atom is 0.266 e. The van der Waals surface area contributed by atoms with Crippen LogP contribution >= 0.6 is 0 Å². The van der Waals surface area contributed by atoms with E-state index in [0.29, 0.717) is 18.8 Å². The van der Waals surface area contributed by atoms with Crippen molar-refractivity contribution in [2.45, 2.75) is 60.1 Å². The molecule has 2 heterocycles. The van der Waals surface area contributed by atoms with Gasteiger partial charge in [-0.2, -0.15) is 0 Å². The number of fused-ring (bicyclic) bond motifs is 1. The van der Waals surface area contributed by atoms with E-state index in [4.69, 9.17) is 4.74 Å². The average molecular weight is 408 g/mol. The number of hydrogen-bond donors (Lipinski definition) is 0.